The minimum absolute atomic E-state index is 0.830. The molecular weight excluding hydrogens is 551 g/mol. The Bertz CT molecular complexity index is 2260. The molecule has 1 atom stereocenters. The molecule has 1 nitrogen and oxygen atoms in total. The van der Waals surface area contributed by atoms with Gasteiger partial charge < -0.3 is 4.57 Å². The van der Waals surface area contributed by atoms with E-state index in [2.05, 4.69) is 133 Å². The van der Waals surface area contributed by atoms with Gasteiger partial charge in [0.05, 0.1) is 0 Å². The normalized spacial score (nSPS) is 12.8. The second kappa shape index (κ2) is 10.8. The van der Waals surface area contributed by atoms with Crippen LogP contribution in [0.1, 0.15) is 16.7 Å². The van der Waals surface area contributed by atoms with Crippen molar-refractivity contribution in [2.24, 2.45) is 0 Å². The van der Waals surface area contributed by atoms with Gasteiger partial charge in [-0.15, -0.1) is 0 Å². The summed E-state index contributed by atoms with van der Waals surface area (Å²) in [5.41, 5.74) is 4.53. The summed E-state index contributed by atoms with van der Waals surface area (Å²) >= 11 is 0. The van der Waals surface area contributed by atoms with Gasteiger partial charge in [0.15, 0.2) is 7.14 Å². The van der Waals surface area contributed by atoms with Gasteiger partial charge in [-0.2, -0.15) is 0 Å². The van der Waals surface area contributed by atoms with E-state index in [1.54, 1.807) is 0 Å². The Hall–Kier alpha value is -5.23. The first kappa shape index (κ1) is 26.4. The first-order valence-corrected chi connectivity index (χ1v) is 16.7. The Morgan fingerprint density at radius 1 is 0.432 bits per heavy atom. The summed E-state index contributed by atoms with van der Waals surface area (Å²) in [6.07, 6.45) is 2.22. The standard InChI is InChI=1S/C42H29OP/c43-44(36-17-8-3-9-18-36,40-28-24-35-22-21-33-15-10-16-34-23-27-38(40)42(35)41(33)34)37-25-19-30(20-26-37)29-39(31-11-4-1-5-12-31)32-13-6-2-7-14-32/h1-29H. The van der Waals surface area contributed by atoms with E-state index < -0.39 is 7.14 Å². The smallest absolute Gasteiger partial charge is 0.171 e. The van der Waals surface area contributed by atoms with Crippen LogP contribution in [0.3, 0.4) is 0 Å². The quantitative estimate of drug-likeness (QED) is 0.109. The number of rotatable bonds is 6. The molecule has 0 aromatic heterocycles. The second-order valence-corrected chi connectivity index (χ2v) is 14.0. The number of benzene rings is 8. The van der Waals surface area contributed by atoms with Crippen LogP contribution >= 0.6 is 7.14 Å². The molecule has 0 saturated carbocycles. The maximum Gasteiger partial charge on any atom is 0.171 e. The SMILES string of the molecule is O=P(c1ccccc1)(c1ccc(C=C(c2ccccc2)c2ccccc2)cc1)c1ccc2ccc3cccc4ccc1c2c34. The van der Waals surface area contributed by atoms with E-state index >= 15 is 4.57 Å². The molecule has 44 heavy (non-hydrogen) atoms. The van der Waals surface area contributed by atoms with Crippen molar-refractivity contribution in [2.75, 3.05) is 0 Å². The Labute approximate surface area is 257 Å². The van der Waals surface area contributed by atoms with Crippen LogP contribution in [0.15, 0.2) is 170 Å². The van der Waals surface area contributed by atoms with Crippen LogP contribution in [0.25, 0.3) is 44.0 Å². The summed E-state index contributed by atoms with van der Waals surface area (Å²) in [4.78, 5) is 0. The summed E-state index contributed by atoms with van der Waals surface area (Å²) in [7, 11) is -3.23. The molecule has 0 aliphatic carbocycles. The maximum absolute atomic E-state index is 15.7. The van der Waals surface area contributed by atoms with Gasteiger partial charge in [0.25, 0.3) is 0 Å². The Balaban J connectivity index is 1.32. The largest absolute Gasteiger partial charge is 0.309 e. The van der Waals surface area contributed by atoms with E-state index in [4.69, 9.17) is 0 Å². The van der Waals surface area contributed by atoms with Crippen molar-refractivity contribution in [1.29, 1.82) is 0 Å². The van der Waals surface area contributed by atoms with Crippen molar-refractivity contribution < 1.29 is 4.57 Å². The molecule has 0 amide bonds. The Morgan fingerprint density at radius 3 is 1.55 bits per heavy atom. The van der Waals surface area contributed by atoms with Gasteiger partial charge in [-0.3, -0.25) is 0 Å². The second-order valence-electron chi connectivity index (χ2n) is 11.3. The minimum Gasteiger partial charge on any atom is -0.309 e. The van der Waals surface area contributed by atoms with E-state index in [1.807, 2.05) is 42.5 Å². The average Bonchev–Trinajstić information content (AvgIpc) is 3.10. The molecule has 0 aliphatic rings. The number of hydrogen-bond acceptors (Lipinski definition) is 1. The third-order valence-electron chi connectivity index (χ3n) is 8.70. The molecule has 0 radical (unpaired) electrons. The molecule has 0 bridgehead atoms. The zero-order valence-electron chi connectivity index (χ0n) is 24.1. The van der Waals surface area contributed by atoms with Crippen LogP contribution in [0.5, 0.6) is 0 Å². The molecule has 8 aromatic carbocycles. The van der Waals surface area contributed by atoms with Gasteiger partial charge in [0.2, 0.25) is 0 Å². The first-order chi connectivity index (χ1) is 21.7. The lowest BCUT2D eigenvalue weighted by Gasteiger charge is -2.23. The van der Waals surface area contributed by atoms with Crippen molar-refractivity contribution >= 4 is 67.0 Å². The molecule has 2 heteroatoms. The van der Waals surface area contributed by atoms with Crippen LogP contribution < -0.4 is 15.9 Å². The lowest BCUT2D eigenvalue weighted by Crippen LogP contribution is -2.25. The van der Waals surface area contributed by atoms with E-state index in [9.17, 15) is 0 Å². The van der Waals surface area contributed by atoms with E-state index in [1.165, 1.54) is 26.9 Å². The summed E-state index contributed by atoms with van der Waals surface area (Å²) in [6, 6.07) is 58.6. The average molecular weight is 581 g/mol. The Morgan fingerprint density at radius 2 is 0.932 bits per heavy atom. The van der Waals surface area contributed by atoms with Crippen molar-refractivity contribution in [3.05, 3.63) is 187 Å². The summed E-state index contributed by atoms with van der Waals surface area (Å²) in [5, 5.41) is 9.60. The van der Waals surface area contributed by atoms with Crippen molar-refractivity contribution in [3.63, 3.8) is 0 Å². The molecule has 0 N–H and O–H groups in total. The summed E-state index contributed by atoms with van der Waals surface area (Å²) < 4.78 is 15.7. The molecule has 0 aliphatic heterocycles. The zero-order valence-corrected chi connectivity index (χ0v) is 25.0. The highest BCUT2D eigenvalue weighted by molar-refractivity contribution is 7.85. The van der Waals surface area contributed by atoms with Gasteiger partial charge in [-0.1, -0.05) is 164 Å². The highest BCUT2D eigenvalue weighted by Gasteiger charge is 2.32. The molecule has 0 fully saturated rings. The van der Waals surface area contributed by atoms with Crippen LogP contribution in [-0.2, 0) is 4.57 Å². The van der Waals surface area contributed by atoms with Gasteiger partial charge in [-0.25, -0.2) is 0 Å². The molecule has 0 heterocycles. The summed E-state index contributed by atoms with van der Waals surface area (Å²) in [6.45, 7) is 0. The van der Waals surface area contributed by atoms with Crippen LogP contribution in [0, 0.1) is 0 Å². The van der Waals surface area contributed by atoms with E-state index in [-0.39, 0.29) is 0 Å². The molecule has 8 rings (SSSR count). The lowest BCUT2D eigenvalue weighted by molar-refractivity contribution is 0.592. The minimum atomic E-state index is -3.23. The molecular formula is C42H29OP. The van der Waals surface area contributed by atoms with Gasteiger partial charge in [0, 0.05) is 15.9 Å². The van der Waals surface area contributed by atoms with E-state index in [0.717, 1.165) is 43.6 Å². The Kier molecular flexibility index (Phi) is 6.48. The molecule has 1 unspecified atom stereocenters. The van der Waals surface area contributed by atoms with Gasteiger partial charge in [-0.05, 0) is 66.7 Å². The lowest BCUT2D eigenvalue weighted by atomic mass is 9.94. The predicted octanol–water partition coefficient (Wildman–Crippen LogP) is 9.81. The monoisotopic (exact) mass is 580 g/mol. The predicted molar refractivity (Wildman–Crippen MR) is 189 cm³/mol. The highest BCUT2D eigenvalue weighted by Crippen LogP contribution is 2.46. The maximum atomic E-state index is 15.7. The van der Waals surface area contributed by atoms with Crippen LogP contribution in [0.4, 0.5) is 0 Å². The third-order valence-corrected chi connectivity index (χ3v) is 11.8. The fraction of sp³-hybridized carbons (Fsp3) is 0. The van der Waals surface area contributed by atoms with Crippen LogP contribution in [0.2, 0.25) is 0 Å². The molecule has 208 valence electrons. The fourth-order valence-electron chi connectivity index (χ4n) is 6.58. The van der Waals surface area contributed by atoms with Crippen molar-refractivity contribution in [2.45, 2.75) is 0 Å². The molecule has 0 saturated heterocycles. The van der Waals surface area contributed by atoms with Gasteiger partial charge in [0.1, 0.15) is 0 Å². The van der Waals surface area contributed by atoms with Crippen LogP contribution in [-0.4, -0.2) is 0 Å². The first-order valence-electron chi connectivity index (χ1n) is 15.0. The topological polar surface area (TPSA) is 17.1 Å². The fourth-order valence-corrected chi connectivity index (χ4v) is 9.40. The van der Waals surface area contributed by atoms with Crippen molar-refractivity contribution in [3.8, 4) is 0 Å². The van der Waals surface area contributed by atoms with Crippen molar-refractivity contribution in [1.82, 2.24) is 0 Å². The highest BCUT2D eigenvalue weighted by atomic mass is 31.2. The molecule has 0 spiro atoms. The van der Waals surface area contributed by atoms with Gasteiger partial charge >= 0.3 is 0 Å². The molecule has 8 aromatic rings. The number of hydrogen-bond donors (Lipinski definition) is 0. The van der Waals surface area contributed by atoms with E-state index in [0.29, 0.717) is 0 Å². The third kappa shape index (κ3) is 4.37. The zero-order chi connectivity index (χ0) is 29.5. The summed E-state index contributed by atoms with van der Waals surface area (Å²) in [5.74, 6) is 0.